The molecule has 2 N–H and O–H groups in total. The molecular weight excluding hydrogens is 138 g/mol. The monoisotopic (exact) mass is 151 g/mol. The largest absolute Gasteiger partial charge is 0.319 e. The highest BCUT2D eigenvalue weighted by Gasteiger charge is 2.22. The van der Waals surface area contributed by atoms with Gasteiger partial charge in [0.1, 0.15) is 0 Å². The normalized spacial score (nSPS) is 22.1. The maximum atomic E-state index is 4.02. The summed E-state index contributed by atoms with van der Waals surface area (Å²) < 4.78 is 0. The van der Waals surface area contributed by atoms with E-state index in [-0.39, 0.29) is 0 Å². The molecule has 0 aliphatic heterocycles. The lowest BCUT2D eigenvalue weighted by molar-refractivity contribution is 0.619. The molecule has 1 aliphatic rings. The summed E-state index contributed by atoms with van der Waals surface area (Å²) in [6.07, 6.45) is 4.40. The molecule has 2 rings (SSSR count). The van der Waals surface area contributed by atoms with E-state index < -0.39 is 0 Å². The van der Waals surface area contributed by atoms with Crippen molar-refractivity contribution in [2.75, 3.05) is 13.6 Å². The second-order valence-electron chi connectivity index (χ2n) is 3.10. The minimum atomic E-state index is 0.689. The second-order valence-corrected chi connectivity index (χ2v) is 3.10. The van der Waals surface area contributed by atoms with Gasteiger partial charge in [-0.15, -0.1) is 0 Å². The van der Waals surface area contributed by atoms with Crippen molar-refractivity contribution >= 4 is 0 Å². The third kappa shape index (κ3) is 1.05. The van der Waals surface area contributed by atoms with Crippen LogP contribution in [0.3, 0.4) is 0 Å². The molecule has 0 saturated carbocycles. The highest BCUT2D eigenvalue weighted by molar-refractivity contribution is 5.27. The molecule has 0 bridgehead atoms. The SMILES string of the molecule is CNCC1CCc2[nH]ncc21. The maximum absolute atomic E-state index is 4.02. The zero-order valence-corrected chi connectivity index (χ0v) is 6.72. The summed E-state index contributed by atoms with van der Waals surface area (Å²) in [4.78, 5) is 0. The molecule has 0 aromatic carbocycles. The summed E-state index contributed by atoms with van der Waals surface area (Å²) in [6, 6.07) is 0. The lowest BCUT2D eigenvalue weighted by Crippen LogP contribution is -2.14. The lowest BCUT2D eigenvalue weighted by atomic mass is 10.1. The van der Waals surface area contributed by atoms with E-state index in [0.29, 0.717) is 5.92 Å². The number of fused-ring (bicyclic) bond motifs is 1. The number of rotatable bonds is 2. The summed E-state index contributed by atoms with van der Waals surface area (Å²) in [6.45, 7) is 1.08. The van der Waals surface area contributed by atoms with E-state index in [1.165, 1.54) is 24.1 Å². The van der Waals surface area contributed by atoms with Gasteiger partial charge < -0.3 is 5.32 Å². The molecule has 60 valence electrons. The van der Waals surface area contributed by atoms with E-state index in [2.05, 4.69) is 15.5 Å². The summed E-state index contributed by atoms with van der Waals surface area (Å²) in [5.41, 5.74) is 2.75. The van der Waals surface area contributed by atoms with Gasteiger partial charge in [0.25, 0.3) is 0 Å². The Morgan fingerprint density at radius 1 is 1.82 bits per heavy atom. The number of nitrogens with one attached hydrogen (secondary N) is 2. The van der Waals surface area contributed by atoms with Crippen molar-refractivity contribution < 1.29 is 0 Å². The van der Waals surface area contributed by atoms with Gasteiger partial charge in [-0.2, -0.15) is 5.10 Å². The zero-order valence-electron chi connectivity index (χ0n) is 6.72. The molecule has 0 radical (unpaired) electrons. The summed E-state index contributed by atoms with van der Waals surface area (Å²) in [5, 5.41) is 10.3. The number of nitrogens with zero attached hydrogens (tertiary/aromatic N) is 1. The molecule has 0 spiro atoms. The van der Waals surface area contributed by atoms with Crippen LogP contribution in [0.1, 0.15) is 23.6 Å². The maximum Gasteiger partial charge on any atom is 0.0525 e. The highest BCUT2D eigenvalue weighted by Crippen LogP contribution is 2.30. The molecule has 1 unspecified atom stereocenters. The minimum absolute atomic E-state index is 0.689. The quantitative estimate of drug-likeness (QED) is 0.652. The average molecular weight is 151 g/mol. The summed E-state index contributed by atoms with van der Waals surface area (Å²) in [5.74, 6) is 0.689. The molecule has 0 amide bonds. The van der Waals surface area contributed by atoms with E-state index in [1.54, 1.807) is 0 Å². The fraction of sp³-hybridized carbons (Fsp3) is 0.625. The Labute approximate surface area is 66.2 Å². The van der Waals surface area contributed by atoms with Crippen LogP contribution < -0.4 is 5.32 Å². The fourth-order valence-corrected chi connectivity index (χ4v) is 1.81. The van der Waals surface area contributed by atoms with Crippen molar-refractivity contribution in [1.82, 2.24) is 15.5 Å². The predicted octanol–water partition coefficient (Wildman–Crippen LogP) is 0.659. The van der Waals surface area contributed by atoms with Crippen LogP contribution >= 0.6 is 0 Å². The zero-order chi connectivity index (χ0) is 7.68. The Balaban J connectivity index is 2.18. The van der Waals surface area contributed by atoms with Crippen molar-refractivity contribution in [3.63, 3.8) is 0 Å². The van der Waals surface area contributed by atoms with Crippen LogP contribution in [0.5, 0.6) is 0 Å². The van der Waals surface area contributed by atoms with Gasteiger partial charge in [-0.1, -0.05) is 0 Å². The Morgan fingerprint density at radius 2 is 2.73 bits per heavy atom. The third-order valence-electron chi connectivity index (χ3n) is 2.38. The molecular formula is C8H13N3. The molecule has 3 heteroatoms. The number of hydrogen-bond acceptors (Lipinski definition) is 2. The molecule has 1 aromatic rings. The number of likely N-dealkylation sites (N-methyl/N-ethyl adjacent to an activating group) is 1. The standard InChI is InChI=1S/C8H13N3/c1-9-4-6-2-3-8-7(6)5-10-11-8/h5-6,9H,2-4H2,1H3,(H,10,11). The van der Waals surface area contributed by atoms with Crippen molar-refractivity contribution in [2.24, 2.45) is 0 Å². The number of aromatic nitrogens is 2. The van der Waals surface area contributed by atoms with E-state index in [9.17, 15) is 0 Å². The van der Waals surface area contributed by atoms with E-state index in [1.807, 2.05) is 13.2 Å². The molecule has 0 fully saturated rings. The van der Waals surface area contributed by atoms with Crippen molar-refractivity contribution in [1.29, 1.82) is 0 Å². The minimum Gasteiger partial charge on any atom is -0.319 e. The van der Waals surface area contributed by atoms with Crippen LogP contribution in [0.4, 0.5) is 0 Å². The Bertz CT molecular complexity index is 241. The van der Waals surface area contributed by atoms with Gasteiger partial charge in [0.05, 0.1) is 6.20 Å². The summed E-state index contributed by atoms with van der Waals surface area (Å²) >= 11 is 0. The van der Waals surface area contributed by atoms with Crippen molar-refractivity contribution in [3.05, 3.63) is 17.5 Å². The van der Waals surface area contributed by atoms with Crippen LogP contribution in [0.25, 0.3) is 0 Å². The summed E-state index contributed by atoms with van der Waals surface area (Å²) in [7, 11) is 2.00. The van der Waals surface area contributed by atoms with Gasteiger partial charge in [-0.05, 0) is 25.5 Å². The van der Waals surface area contributed by atoms with E-state index in [4.69, 9.17) is 0 Å². The van der Waals surface area contributed by atoms with Crippen LogP contribution in [0, 0.1) is 0 Å². The molecule has 1 aromatic heterocycles. The van der Waals surface area contributed by atoms with E-state index >= 15 is 0 Å². The van der Waals surface area contributed by atoms with Gasteiger partial charge in [0.15, 0.2) is 0 Å². The Kier molecular flexibility index (Phi) is 1.66. The number of aryl methyl sites for hydroxylation is 1. The highest BCUT2D eigenvalue weighted by atomic mass is 15.1. The second kappa shape index (κ2) is 2.66. The predicted molar refractivity (Wildman–Crippen MR) is 43.6 cm³/mol. The molecule has 3 nitrogen and oxygen atoms in total. The van der Waals surface area contributed by atoms with E-state index in [0.717, 1.165) is 6.54 Å². The third-order valence-corrected chi connectivity index (χ3v) is 2.38. The van der Waals surface area contributed by atoms with Crippen LogP contribution in [-0.2, 0) is 6.42 Å². The van der Waals surface area contributed by atoms with Gasteiger partial charge in [0.2, 0.25) is 0 Å². The first-order chi connectivity index (χ1) is 5.42. The van der Waals surface area contributed by atoms with Gasteiger partial charge >= 0.3 is 0 Å². The Morgan fingerprint density at radius 3 is 3.55 bits per heavy atom. The average Bonchev–Trinajstić information content (AvgIpc) is 2.53. The van der Waals surface area contributed by atoms with Gasteiger partial charge in [0, 0.05) is 18.2 Å². The number of aromatic amines is 1. The molecule has 1 heterocycles. The smallest absolute Gasteiger partial charge is 0.0525 e. The molecule has 1 aliphatic carbocycles. The molecule has 11 heavy (non-hydrogen) atoms. The fourth-order valence-electron chi connectivity index (χ4n) is 1.81. The first kappa shape index (κ1) is 6.85. The van der Waals surface area contributed by atoms with Crippen molar-refractivity contribution in [3.8, 4) is 0 Å². The molecule has 0 saturated heterocycles. The first-order valence-corrected chi connectivity index (χ1v) is 4.08. The van der Waals surface area contributed by atoms with Crippen LogP contribution in [-0.4, -0.2) is 23.8 Å². The topological polar surface area (TPSA) is 40.7 Å². The molecule has 1 atom stereocenters. The number of hydrogen-bond donors (Lipinski definition) is 2. The lowest BCUT2D eigenvalue weighted by Gasteiger charge is -2.06. The van der Waals surface area contributed by atoms with Crippen LogP contribution in [0.15, 0.2) is 6.20 Å². The van der Waals surface area contributed by atoms with Gasteiger partial charge in [-0.3, -0.25) is 5.10 Å². The van der Waals surface area contributed by atoms with Crippen molar-refractivity contribution in [2.45, 2.75) is 18.8 Å². The van der Waals surface area contributed by atoms with Gasteiger partial charge in [-0.25, -0.2) is 0 Å². The first-order valence-electron chi connectivity index (χ1n) is 4.08. The Hall–Kier alpha value is -0.830. The van der Waals surface area contributed by atoms with Crippen LogP contribution in [0.2, 0.25) is 0 Å². The number of H-pyrrole nitrogens is 1.